The van der Waals surface area contributed by atoms with Gasteiger partial charge in [0.2, 0.25) is 5.91 Å². The highest BCUT2D eigenvalue weighted by atomic mass is 35.5. The van der Waals surface area contributed by atoms with Crippen LogP contribution in [0.15, 0.2) is 35.7 Å². The van der Waals surface area contributed by atoms with Crippen LogP contribution in [0.3, 0.4) is 0 Å². The van der Waals surface area contributed by atoms with Crippen LogP contribution in [-0.4, -0.2) is 59.3 Å². The molecule has 1 aromatic carbocycles. The lowest BCUT2D eigenvalue weighted by Gasteiger charge is -2.47. The van der Waals surface area contributed by atoms with Crippen LogP contribution in [0.2, 0.25) is 5.02 Å². The van der Waals surface area contributed by atoms with Crippen LogP contribution in [-0.2, 0) is 20.8 Å². The maximum atomic E-state index is 14.6. The molecule has 9 nitrogen and oxygen atoms in total. The molecule has 1 aromatic rings. The fraction of sp³-hybridized carbons (Fsp3) is 0.594. The first-order valence-electron chi connectivity index (χ1n) is 15.2. The number of Topliss-reactive ketones (excluding diaryl/α,β-unsaturated/α-hetero) is 1. The van der Waals surface area contributed by atoms with Crippen LogP contribution in [0.5, 0.6) is 5.75 Å². The van der Waals surface area contributed by atoms with E-state index in [0.717, 1.165) is 29.8 Å². The number of ketones is 1. The zero-order chi connectivity index (χ0) is 31.8. The van der Waals surface area contributed by atoms with Gasteiger partial charge in [-0.25, -0.2) is 14.6 Å². The van der Waals surface area contributed by atoms with E-state index in [2.05, 4.69) is 0 Å². The second kappa shape index (κ2) is 10.7. The summed E-state index contributed by atoms with van der Waals surface area (Å²) in [5.41, 5.74) is 4.40. The number of carboxylic acids is 1. The molecule has 238 valence electrons. The number of nitrogens with zero attached hydrogens (tertiary/aromatic N) is 2. The molecular formula is C32H39ClF2N4O5. The maximum Gasteiger partial charge on any atom is 0.310 e. The summed E-state index contributed by atoms with van der Waals surface area (Å²) in [6, 6.07) is 2.55. The van der Waals surface area contributed by atoms with Gasteiger partial charge >= 0.3 is 5.97 Å². The molecule has 0 bridgehead atoms. The number of ether oxygens (including phenoxy) is 1. The molecule has 6 rings (SSSR count). The van der Waals surface area contributed by atoms with Crippen molar-refractivity contribution in [3.8, 4) is 5.75 Å². The summed E-state index contributed by atoms with van der Waals surface area (Å²) >= 11 is 6.74. The van der Waals surface area contributed by atoms with Crippen LogP contribution in [0.25, 0.3) is 0 Å². The van der Waals surface area contributed by atoms with E-state index in [9.17, 15) is 28.3 Å². The monoisotopic (exact) mass is 632 g/mol. The van der Waals surface area contributed by atoms with Gasteiger partial charge in [-0.15, -0.1) is 0 Å². The highest BCUT2D eigenvalue weighted by Gasteiger charge is 2.73. The molecule has 12 heteroatoms. The van der Waals surface area contributed by atoms with E-state index in [1.54, 1.807) is 30.0 Å². The molecule has 1 aliphatic heterocycles. The average Bonchev–Trinajstić information content (AvgIpc) is 3.88. The molecule has 1 heterocycles. The minimum Gasteiger partial charge on any atom is -0.487 e. The molecular weight excluding hydrogens is 594 g/mol. The second-order valence-corrected chi connectivity index (χ2v) is 14.1. The predicted molar refractivity (Wildman–Crippen MR) is 158 cm³/mol. The van der Waals surface area contributed by atoms with Crippen molar-refractivity contribution in [3.63, 3.8) is 0 Å². The topological polar surface area (TPSA) is 139 Å². The van der Waals surface area contributed by atoms with Crippen LogP contribution in [0.1, 0.15) is 69.0 Å². The van der Waals surface area contributed by atoms with Gasteiger partial charge in [0.1, 0.15) is 23.8 Å². The van der Waals surface area contributed by atoms with Crippen LogP contribution < -0.4 is 16.3 Å². The van der Waals surface area contributed by atoms with E-state index in [0.29, 0.717) is 35.6 Å². The van der Waals surface area contributed by atoms with Crippen molar-refractivity contribution in [2.24, 2.45) is 39.7 Å². The molecule has 1 spiro atoms. The van der Waals surface area contributed by atoms with E-state index in [4.69, 9.17) is 27.9 Å². The van der Waals surface area contributed by atoms with E-state index in [-0.39, 0.29) is 48.1 Å². The third-order valence-corrected chi connectivity index (χ3v) is 11.4. The highest BCUT2D eigenvalue weighted by Crippen LogP contribution is 2.75. The Bertz CT molecular complexity index is 1470. The zero-order valence-electron chi connectivity index (χ0n) is 25.0. The smallest absolute Gasteiger partial charge is 0.310 e. The van der Waals surface area contributed by atoms with Crippen molar-refractivity contribution in [1.82, 2.24) is 9.91 Å². The SMILES string of the molecule is CN(N)/C(=C(\N)COc1ccc(Cl)c2c1C([C@]13CC1CC1(CC1)CC3=O)N(C(=O)[C@@H]1CC=CC[C@]1(C)C(=O)O)CC2)C(F)F. The number of fused-ring (bicyclic) bond motifs is 2. The Balaban J connectivity index is 1.45. The molecule has 3 fully saturated rings. The molecule has 0 radical (unpaired) electrons. The van der Waals surface area contributed by atoms with Gasteiger partial charge in [0, 0.05) is 30.6 Å². The molecule has 3 saturated carbocycles. The van der Waals surface area contributed by atoms with Crippen molar-refractivity contribution >= 4 is 29.3 Å². The van der Waals surface area contributed by atoms with E-state index in [1.165, 1.54) is 7.05 Å². The number of hydrogen-bond donors (Lipinski definition) is 3. The number of carboxylic acid groups (broad SMARTS) is 1. The summed E-state index contributed by atoms with van der Waals surface area (Å²) in [6.45, 7) is 1.46. The van der Waals surface area contributed by atoms with Crippen LogP contribution in [0, 0.1) is 28.1 Å². The van der Waals surface area contributed by atoms with Crippen molar-refractivity contribution in [3.05, 3.63) is 51.8 Å². The second-order valence-electron chi connectivity index (χ2n) is 13.7. The fourth-order valence-electron chi connectivity index (χ4n) is 8.20. The summed E-state index contributed by atoms with van der Waals surface area (Å²) in [4.78, 5) is 42.9. The Kier molecular flexibility index (Phi) is 7.51. The molecule has 2 unspecified atom stereocenters. The number of hydrazine groups is 1. The third-order valence-electron chi connectivity index (χ3n) is 11.0. The average molecular weight is 633 g/mol. The molecule has 44 heavy (non-hydrogen) atoms. The molecule has 0 saturated heterocycles. The normalized spacial score (nSPS) is 32.1. The Morgan fingerprint density at radius 2 is 1.98 bits per heavy atom. The first-order chi connectivity index (χ1) is 20.8. The van der Waals surface area contributed by atoms with Gasteiger partial charge in [-0.3, -0.25) is 14.4 Å². The molecule has 0 aromatic heterocycles. The Hall–Kier alpha value is -3.18. The van der Waals surface area contributed by atoms with Crippen molar-refractivity contribution < 1.29 is 33.0 Å². The first kappa shape index (κ1) is 30.8. The fourth-order valence-corrected chi connectivity index (χ4v) is 8.46. The summed E-state index contributed by atoms with van der Waals surface area (Å²) in [5, 5.41) is 11.4. The van der Waals surface area contributed by atoms with Crippen LogP contribution in [0.4, 0.5) is 8.78 Å². The summed E-state index contributed by atoms with van der Waals surface area (Å²) < 4.78 is 33.5. The van der Waals surface area contributed by atoms with Crippen molar-refractivity contribution in [2.75, 3.05) is 20.2 Å². The van der Waals surface area contributed by atoms with E-state index >= 15 is 0 Å². The number of amides is 1. The van der Waals surface area contributed by atoms with Gasteiger partial charge in [-0.05, 0) is 80.9 Å². The zero-order valence-corrected chi connectivity index (χ0v) is 25.7. The number of alkyl halides is 2. The maximum absolute atomic E-state index is 14.6. The number of benzene rings is 1. The molecule has 5 atom stereocenters. The summed E-state index contributed by atoms with van der Waals surface area (Å²) in [5.74, 6) is 3.90. The van der Waals surface area contributed by atoms with Gasteiger partial charge in [0.25, 0.3) is 6.43 Å². The van der Waals surface area contributed by atoms with Crippen molar-refractivity contribution in [2.45, 2.75) is 70.8 Å². The molecule has 1 amide bonds. The van der Waals surface area contributed by atoms with Gasteiger partial charge in [-0.2, -0.15) is 0 Å². The Labute approximate surface area is 260 Å². The molecule has 5 aliphatic rings. The van der Waals surface area contributed by atoms with Gasteiger partial charge in [0.15, 0.2) is 0 Å². The predicted octanol–water partition coefficient (Wildman–Crippen LogP) is 4.59. The highest BCUT2D eigenvalue weighted by molar-refractivity contribution is 6.31. The Morgan fingerprint density at radius 1 is 1.25 bits per heavy atom. The molecule has 4 aliphatic carbocycles. The quantitative estimate of drug-likeness (QED) is 0.215. The van der Waals surface area contributed by atoms with Crippen molar-refractivity contribution in [1.29, 1.82) is 0 Å². The summed E-state index contributed by atoms with van der Waals surface area (Å²) in [6.07, 6.45) is 5.57. The number of hydrogen-bond acceptors (Lipinski definition) is 7. The Morgan fingerprint density at radius 3 is 2.59 bits per heavy atom. The lowest BCUT2D eigenvalue weighted by Crippen LogP contribution is -2.53. The number of allylic oxidation sites excluding steroid dienone is 3. The van der Waals surface area contributed by atoms with Gasteiger partial charge in [0.05, 0.1) is 28.5 Å². The lowest BCUT2D eigenvalue weighted by molar-refractivity contribution is -0.161. The third kappa shape index (κ3) is 4.78. The van der Waals surface area contributed by atoms with Gasteiger partial charge < -0.3 is 25.5 Å². The number of carbonyl (C=O) groups excluding carboxylic acids is 2. The van der Waals surface area contributed by atoms with E-state index < -0.39 is 47.5 Å². The minimum absolute atomic E-state index is 0.0525. The lowest BCUT2D eigenvalue weighted by atomic mass is 9.67. The number of aliphatic carboxylic acids is 1. The summed E-state index contributed by atoms with van der Waals surface area (Å²) in [7, 11) is 1.26. The van der Waals surface area contributed by atoms with Crippen LogP contribution >= 0.6 is 11.6 Å². The number of carbonyl (C=O) groups is 3. The minimum atomic E-state index is -2.93. The number of halogens is 3. The number of rotatable bonds is 8. The largest absolute Gasteiger partial charge is 0.487 e. The van der Waals surface area contributed by atoms with Gasteiger partial charge in [-0.1, -0.05) is 23.8 Å². The van der Waals surface area contributed by atoms with E-state index in [1.807, 2.05) is 6.08 Å². The first-order valence-corrected chi connectivity index (χ1v) is 15.5. The standard InChI is InChI=1S/C32H39ClF2N4O5/c1-30(29(42)43)9-4-3-5-19(30)28(41)39-12-8-18-20(33)6-7-22(44-16-21(36)25(27(34)35)38(2)37)24(18)26(39)32-14-17(32)13-31(10-11-31)15-23(32)40/h3-4,6-7,17,19,26-27H,5,8-16,36-37H2,1-2H3,(H,42,43)/b25-21-/t17?,19-,26?,30-,32+/m0/s1. The molecule has 5 N–H and O–H groups in total. The number of nitrogens with two attached hydrogens (primary N) is 2.